The SMILES string of the molecule is O=C(O)c1ccc2c(c1)C(=O)OC2. The molecule has 1 aromatic carbocycles. The third kappa shape index (κ3) is 1.16. The lowest BCUT2D eigenvalue weighted by Crippen LogP contribution is -2.00. The Bertz CT molecular complexity index is 395. The fourth-order valence-corrected chi connectivity index (χ4v) is 1.25. The Labute approximate surface area is 73.8 Å². The van der Waals surface area contributed by atoms with Crippen molar-refractivity contribution in [3.63, 3.8) is 0 Å². The average Bonchev–Trinajstić information content (AvgIpc) is 2.47. The summed E-state index contributed by atoms with van der Waals surface area (Å²) < 4.78 is 4.73. The van der Waals surface area contributed by atoms with Gasteiger partial charge in [0.15, 0.2) is 0 Å². The van der Waals surface area contributed by atoms with Crippen LogP contribution in [-0.2, 0) is 11.3 Å². The Morgan fingerprint density at radius 3 is 2.92 bits per heavy atom. The normalized spacial score (nSPS) is 13.7. The van der Waals surface area contributed by atoms with Crippen molar-refractivity contribution in [2.75, 3.05) is 0 Å². The minimum absolute atomic E-state index is 0.109. The number of rotatable bonds is 1. The van der Waals surface area contributed by atoms with Gasteiger partial charge in [0.1, 0.15) is 6.61 Å². The van der Waals surface area contributed by atoms with E-state index < -0.39 is 11.9 Å². The number of ether oxygens (including phenoxy) is 1. The number of fused-ring (bicyclic) bond motifs is 1. The molecule has 1 N–H and O–H groups in total. The molecule has 0 bridgehead atoms. The number of benzene rings is 1. The molecule has 0 aliphatic carbocycles. The highest BCUT2D eigenvalue weighted by atomic mass is 16.5. The van der Waals surface area contributed by atoms with Crippen LogP contribution >= 0.6 is 0 Å². The Hall–Kier alpha value is -1.84. The molecule has 2 rings (SSSR count). The summed E-state index contributed by atoms with van der Waals surface area (Å²) in [5, 5.41) is 8.65. The first kappa shape index (κ1) is 7.79. The van der Waals surface area contributed by atoms with Gasteiger partial charge in [-0.25, -0.2) is 9.59 Å². The van der Waals surface area contributed by atoms with Gasteiger partial charge in [0, 0.05) is 5.56 Å². The molecule has 0 aromatic heterocycles. The molecule has 1 heterocycles. The van der Waals surface area contributed by atoms with Gasteiger partial charge in [-0.1, -0.05) is 6.07 Å². The van der Waals surface area contributed by atoms with Crippen molar-refractivity contribution in [3.05, 3.63) is 34.9 Å². The Morgan fingerprint density at radius 1 is 1.46 bits per heavy atom. The van der Waals surface area contributed by atoms with Gasteiger partial charge < -0.3 is 9.84 Å². The standard InChI is InChI=1S/C9H6O4/c10-8(11)5-1-2-6-4-13-9(12)7(6)3-5/h1-3H,4H2,(H,10,11). The van der Waals surface area contributed by atoms with E-state index in [1.807, 2.05) is 0 Å². The molecule has 0 saturated heterocycles. The fraction of sp³-hybridized carbons (Fsp3) is 0.111. The molecule has 0 fully saturated rings. The van der Waals surface area contributed by atoms with Gasteiger partial charge in [-0.3, -0.25) is 0 Å². The summed E-state index contributed by atoms with van der Waals surface area (Å²) in [6.45, 7) is 0.244. The number of carboxylic acids is 1. The van der Waals surface area contributed by atoms with Crippen LogP contribution < -0.4 is 0 Å². The average molecular weight is 178 g/mol. The lowest BCUT2D eigenvalue weighted by Gasteiger charge is -1.95. The van der Waals surface area contributed by atoms with E-state index in [1.54, 1.807) is 6.07 Å². The Kier molecular flexibility index (Phi) is 1.55. The first-order valence-electron chi connectivity index (χ1n) is 3.72. The summed E-state index contributed by atoms with van der Waals surface area (Å²) in [7, 11) is 0. The number of hydrogen-bond donors (Lipinski definition) is 1. The van der Waals surface area contributed by atoms with Crippen LogP contribution in [0.5, 0.6) is 0 Å². The summed E-state index contributed by atoms with van der Waals surface area (Å²) in [4.78, 5) is 21.6. The molecule has 0 saturated carbocycles. The highest BCUT2D eigenvalue weighted by Crippen LogP contribution is 2.20. The smallest absolute Gasteiger partial charge is 0.338 e. The third-order valence-corrected chi connectivity index (χ3v) is 1.94. The van der Waals surface area contributed by atoms with Crippen molar-refractivity contribution in [1.82, 2.24) is 0 Å². The van der Waals surface area contributed by atoms with E-state index in [0.717, 1.165) is 5.56 Å². The molecule has 4 nitrogen and oxygen atoms in total. The van der Waals surface area contributed by atoms with Crippen molar-refractivity contribution in [3.8, 4) is 0 Å². The number of carbonyl (C=O) groups is 2. The number of cyclic esters (lactones) is 1. The van der Waals surface area contributed by atoms with Gasteiger partial charge in [0.05, 0.1) is 11.1 Å². The molecule has 66 valence electrons. The van der Waals surface area contributed by atoms with Crippen LogP contribution in [-0.4, -0.2) is 17.0 Å². The lowest BCUT2D eigenvalue weighted by molar-refractivity contribution is 0.0535. The van der Waals surface area contributed by atoms with Crippen LogP contribution in [0.15, 0.2) is 18.2 Å². The van der Waals surface area contributed by atoms with Crippen molar-refractivity contribution < 1.29 is 19.4 Å². The van der Waals surface area contributed by atoms with E-state index in [-0.39, 0.29) is 12.2 Å². The lowest BCUT2D eigenvalue weighted by atomic mass is 10.1. The summed E-state index contributed by atoms with van der Waals surface area (Å²) in [5.74, 6) is -1.49. The second kappa shape index (κ2) is 2.58. The maximum atomic E-state index is 11.0. The number of carbonyl (C=O) groups excluding carboxylic acids is 1. The number of carboxylic acid groups (broad SMARTS) is 1. The fourth-order valence-electron chi connectivity index (χ4n) is 1.25. The zero-order valence-corrected chi connectivity index (χ0v) is 6.61. The van der Waals surface area contributed by atoms with E-state index in [9.17, 15) is 9.59 Å². The van der Waals surface area contributed by atoms with Crippen LogP contribution in [0.1, 0.15) is 26.3 Å². The number of esters is 1. The van der Waals surface area contributed by atoms with Crippen LogP contribution in [0.3, 0.4) is 0 Å². The summed E-state index contributed by atoms with van der Waals surface area (Å²) in [6, 6.07) is 4.40. The highest BCUT2D eigenvalue weighted by Gasteiger charge is 2.22. The van der Waals surface area contributed by atoms with Crippen LogP contribution in [0, 0.1) is 0 Å². The quantitative estimate of drug-likeness (QED) is 0.653. The molecule has 0 atom stereocenters. The first-order chi connectivity index (χ1) is 6.18. The molecule has 0 spiro atoms. The molecule has 0 unspecified atom stereocenters. The minimum atomic E-state index is -1.04. The predicted molar refractivity (Wildman–Crippen MR) is 42.5 cm³/mol. The second-order valence-corrected chi connectivity index (χ2v) is 2.75. The zero-order chi connectivity index (χ0) is 9.42. The van der Waals surface area contributed by atoms with Gasteiger partial charge >= 0.3 is 11.9 Å². The van der Waals surface area contributed by atoms with E-state index in [2.05, 4.69) is 0 Å². The van der Waals surface area contributed by atoms with Gasteiger partial charge in [-0.15, -0.1) is 0 Å². The second-order valence-electron chi connectivity index (χ2n) is 2.75. The van der Waals surface area contributed by atoms with Crippen molar-refractivity contribution in [2.24, 2.45) is 0 Å². The zero-order valence-electron chi connectivity index (χ0n) is 6.61. The van der Waals surface area contributed by atoms with Crippen molar-refractivity contribution >= 4 is 11.9 Å². The van der Waals surface area contributed by atoms with Crippen LogP contribution in [0.2, 0.25) is 0 Å². The number of aromatic carboxylic acids is 1. The van der Waals surface area contributed by atoms with Crippen LogP contribution in [0.25, 0.3) is 0 Å². The topological polar surface area (TPSA) is 63.6 Å². The van der Waals surface area contributed by atoms with Gasteiger partial charge in [-0.05, 0) is 12.1 Å². The highest BCUT2D eigenvalue weighted by molar-refractivity contribution is 5.97. The van der Waals surface area contributed by atoms with Crippen LogP contribution in [0.4, 0.5) is 0 Å². The van der Waals surface area contributed by atoms with Crippen molar-refractivity contribution in [2.45, 2.75) is 6.61 Å². The third-order valence-electron chi connectivity index (χ3n) is 1.94. The van der Waals surface area contributed by atoms with E-state index in [4.69, 9.17) is 9.84 Å². The summed E-state index contributed by atoms with van der Waals surface area (Å²) >= 11 is 0. The van der Waals surface area contributed by atoms with E-state index in [0.29, 0.717) is 5.56 Å². The largest absolute Gasteiger partial charge is 0.478 e. The van der Waals surface area contributed by atoms with E-state index >= 15 is 0 Å². The maximum absolute atomic E-state index is 11.0. The summed E-state index contributed by atoms with van der Waals surface area (Å²) in [5.41, 5.74) is 1.22. The monoisotopic (exact) mass is 178 g/mol. The predicted octanol–water partition coefficient (Wildman–Crippen LogP) is 1.06. The Morgan fingerprint density at radius 2 is 2.23 bits per heavy atom. The molecule has 1 aromatic rings. The molecule has 1 aliphatic heterocycles. The molecule has 4 heteroatoms. The molecule has 0 amide bonds. The molecule has 1 aliphatic rings. The molecular formula is C9H6O4. The Balaban J connectivity index is 2.54. The van der Waals surface area contributed by atoms with Crippen molar-refractivity contribution in [1.29, 1.82) is 0 Å². The van der Waals surface area contributed by atoms with Gasteiger partial charge in [0.25, 0.3) is 0 Å². The number of hydrogen-bond acceptors (Lipinski definition) is 3. The maximum Gasteiger partial charge on any atom is 0.338 e. The minimum Gasteiger partial charge on any atom is -0.478 e. The first-order valence-corrected chi connectivity index (χ1v) is 3.72. The van der Waals surface area contributed by atoms with E-state index in [1.165, 1.54) is 12.1 Å². The molecular weight excluding hydrogens is 172 g/mol. The molecule has 13 heavy (non-hydrogen) atoms. The molecule has 0 radical (unpaired) electrons. The van der Waals surface area contributed by atoms with Gasteiger partial charge in [-0.2, -0.15) is 0 Å². The summed E-state index contributed by atoms with van der Waals surface area (Å²) in [6.07, 6.45) is 0. The van der Waals surface area contributed by atoms with Gasteiger partial charge in [0.2, 0.25) is 0 Å².